The average molecular weight is 354 g/mol. The molecule has 4 aromatic rings. The number of nitrogens with one attached hydrogen (secondary N) is 2. The first kappa shape index (κ1) is 15.5. The summed E-state index contributed by atoms with van der Waals surface area (Å²) >= 11 is 1.26. The molecule has 1 atom stereocenters. The van der Waals surface area contributed by atoms with Crippen LogP contribution in [-0.4, -0.2) is 36.2 Å². The van der Waals surface area contributed by atoms with Crippen molar-refractivity contribution >= 4 is 44.2 Å². The first-order valence-electron chi connectivity index (χ1n) is 7.64. The van der Waals surface area contributed by atoms with Gasteiger partial charge in [0.1, 0.15) is 21.7 Å². The van der Waals surface area contributed by atoms with Crippen molar-refractivity contribution in [2.75, 3.05) is 5.32 Å². The summed E-state index contributed by atoms with van der Waals surface area (Å²) in [6, 6.07) is 5.54. The van der Waals surface area contributed by atoms with E-state index in [4.69, 9.17) is 0 Å². The van der Waals surface area contributed by atoms with Gasteiger partial charge in [0.2, 0.25) is 0 Å². The van der Waals surface area contributed by atoms with Crippen LogP contribution in [0.3, 0.4) is 0 Å². The summed E-state index contributed by atoms with van der Waals surface area (Å²) in [7, 11) is 0. The van der Waals surface area contributed by atoms with E-state index in [0.29, 0.717) is 27.5 Å². The van der Waals surface area contributed by atoms with Gasteiger partial charge in [-0.05, 0) is 24.6 Å². The predicted molar refractivity (Wildman–Crippen MR) is 94.5 cm³/mol. The molecule has 3 N–H and O–H groups in total. The summed E-state index contributed by atoms with van der Waals surface area (Å²) in [5.74, 6) is -0.991. The topological polar surface area (TPSA) is 117 Å². The van der Waals surface area contributed by atoms with Crippen molar-refractivity contribution in [2.45, 2.75) is 18.9 Å². The van der Waals surface area contributed by atoms with Crippen molar-refractivity contribution in [1.82, 2.24) is 25.1 Å². The standard InChI is InChI=1S/C16H14N6O2S/c1-2-16(15(23)24,14-20-12-7-17-8-18-13(12)25-14)21-10-3-4-11-9(5-10)6-19-22-11/h3-8,21H,2H2,1H3,(H,19,22)(H,23,24). The van der Waals surface area contributed by atoms with E-state index in [-0.39, 0.29) is 0 Å². The van der Waals surface area contributed by atoms with Gasteiger partial charge in [0.05, 0.1) is 17.9 Å². The molecule has 8 nitrogen and oxygen atoms in total. The van der Waals surface area contributed by atoms with Crippen LogP contribution in [0.25, 0.3) is 21.3 Å². The van der Waals surface area contributed by atoms with Crippen LogP contribution in [0.2, 0.25) is 0 Å². The van der Waals surface area contributed by atoms with Crippen molar-refractivity contribution in [3.05, 3.63) is 41.9 Å². The molecule has 4 rings (SSSR count). The summed E-state index contributed by atoms with van der Waals surface area (Å²) in [6.07, 6.45) is 5.03. The van der Waals surface area contributed by atoms with Crippen molar-refractivity contribution < 1.29 is 9.90 Å². The lowest BCUT2D eigenvalue weighted by Gasteiger charge is -2.28. The second-order valence-corrected chi connectivity index (χ2v) is 6.57. The molecular weight excluding hydrogens is 340 g/mol. The minimum Gasteiger partial charge on any atom is -0.479 e. The van der Waals surface area contributed by atoms with E-state index in [1.807, 2.05) is 25.1 Å². The van der Waals surface area contributed by atoms with Crippen molar-refractivity contribution in [2.24, 2.45) is 0 Å². The normalized spacial score (nSPS) is 13.8. The number of rotatable bonds is 5. The third-order valence-corrected chi connectivity index (χ3v) is 5.27. The summed E-state index contributed by atoms with van der Waals surface area (Å²) in [5.41, 5.74) is 0.818. The number of carboxylic acid groups (broad SMARTS) is 1. The number of hydrogen-bond acceptors (Lipinski definition) is 7. The van der Waals surface area contributed by atoms with Gasteiger partial charge in [0.25, 0.3) is 0 Å². The first-order chi connectivity index (χ1) is 12.1. The van der Waals surface area contributed by atoms with Gasteiger partial charge >= 0.3 is 5.97 Å². The Morgan fingerprint density at radius 2 is 2.28 bits per heavy atom. The van der Waals surface area contributed by atoms with Crippen LogP contribution in [0, 0.1) is 0 Å². The van der Waals surface area contributed by atoms with Crippen LogP contribution in [0.1, 0.15) is 18.4 Å². The number of nitrogens with zero attached hydrogens (tertiary/aromatic N) is 4. The fourth-order valence-corrected chi connectivity index (χ4v) is 3.82. The Morgan fingerprint density at radius 1 is 1.40 bits per heavy atom. The fraction of sp³-hybridized carbons (Fsp3) is 0.188. The number of benzene rings is 1. The summed E-state index contributed by atoms with van der Waals surface area (Å²) in [6.45, 7) is 1.81. The van der Waals surface area contributed by atoms with Gasteiger partial charge in [0, 0.05) is 11.1 Å². The Labute approximate surface area is 146 Å². The number of fused-ring (bicyclic) bond motifs is 2. The minimum absolute atomic E-state index is 0.318. The molecular formula is C16H14N6O2S. The second kappa shape index (κ2) is 5.78. The Hall–Kier alpha value is -3.07. The van der Waals surface area contributed by atoms with Crippen LogP contribution >= 0.6 is 11.3 Å². The zero-order valence-corrected chi connectivity index (χ0v) is 14.0. The molecule has 0 saturated carbocycles. The van der Waals surface area contributed by atoms with Crippen LogP contribution in [0.15, 0.2) is 36.9 Å². The zero-order valence-electron chi connectivity index (χ0n) is 13.2. The molecule has 0 aliphatic rings. The summed E-state index contributed by atoms with van der Waals surface area (Å²) in [4.78, 5) is 25.4. The van der Waals surface area contributed by atoms with Crippen LogP contribution in [0.5, 0.6) is 0 Å². The number of aromatic amines is 1. The number of hydrogen-bond donors (Lipinski definition) is 3. The van der Waals surface area contributed by atoms with Gasteiger partial charge in [0.15, 0.2) is 5.54 Å². The van der Waals surface area contributed by atoms with Gasteiger partial charge in [-0.15, -0.1) is 0 Å². The highest BCUT2D eigenvalue weighted by Gasteiger charge is 2.42. The lowest BCUT2D eigenvalue weighted by Crippen LogP contribution is -2.42. The van der Waals surface area contributed by atoms with E-state index < -0.39 is 11.5 Å². The van der Waals surface area contributed by atoms with Gasteiger partial charge in [-0.25, -0.2) is 19.7 Å². The quantitative estimate of drug-likeness (QED) is 0.504. The minimum atomic E-state index is -1.34. The molecule has 25 heavy (non-hydrogen) atoms. The van der Waals surface area contributed by atoms with Crippen molar-refractivity contribution in [3.8, 4) is 0 Å². The Morgan fingerprint density at radius 3 is 3.04 bits per heavy atom. The largest absolute Gasteiger partial charge is 0.479 e. The molecule has 0 saturated heterocycles. The maximum atomic E-state index is 12.2. The Kier molecular flexibility index (Phi) is 3.57. The lowest BCUT2D eigenvalue weighted by atomic mass is 9.96. The third-order valence-electron chi connectivity index (χ3n) is 4.13. The molecule has 0 aliphatic carbocycles. The maximum Gasteiger partial charge on any atom is 0.336 e. The zero-order chi connectivity index (χ0) is 17.4. The number of aliphatic carboxylic acids is 1. The number of thiazole rings is 1. The van der Waals surface area contributed by atoms with Crippen LogP contribution < -0.4 is 5.32 Å². The average Bonchev–Trinajstić information content (AvgIpc) is 3.25. The lowest BCUT2D eigenvalue weighted by molar-refractivity contribution is -0.142. The molecule has 0 spiro atoms. The van der Waals surface area contributed by atoms with Gasteiger partial charge in [-0.2, -0.15) is 5.10 Å². The Bertz CT molecular complexity index is 1040. The summed E-state index contributed by atoms with van der Waals surface area (Å²) in [5, 5.41) is 21.4. The highest BCUT2D eigenvalue weighted by molar-refractivity contribution is 7.18. The monoisotopic (exact) mass is 354 g/mol. The van der Waals surface area contributed by atoms with E-state index in [0.717, 1.165) is 10.9 Å². The number of anilines is 1. The summed E-state index contributed by atoms with van der Waals surface area (Å²) < 4.78 is 0. The number of H-pyrrole nitrogens is 1. The fourth-order valence-electron chi connectivity index (χ4n) is 2.73. The van der Waals surface area contributed by atoms with Crippen LogP contribution in [-0.2, 0) is 10.3 Å². The highest BCUT2D eigenvalue weighted by atomic mass is 32.1. The molecule has 1 aromatic carbocycles. The SMILES string of the molecule is CCC(Nc1ccc2[nH]ncc2c1)(C(=O)O)c1nc2cncnc2s1. The predicted octanol–water partition coefficient (Wildman–Crippen LogP) is 2.76. The molecule has 0 bridgehead atoms. The number of carbonyl (C=O) groups is 1. The molecule has 3 heterocycles. The highest BCUT2D eigenvalue weighted by Crippen LogP contribution is 2.35. The molecule has 0 aliphatic heterocycles. The number of aromatic nitrogens is 5. The molecule has 9 heteroatoms. The van der Waals surface area contributed by atoms with Crippen LogP contribution in [0.4, 0.5) is 5.69 Å². The molecule has 0 amide bonds. The molecule has 0 fully saturated rings. The smallest absolute Gasteiger partial charge is 0.336 e. The second-order valence-electron chi connectivity index (χ2n) is 5.59. The van der Waals surface area contributed by atoms with Gasteiger partial charge < -0.3 is 10.4 Å². The number of carboxylic acids is 1. The van der Waals surface area contributed by atoms with Crippen molar-refractivity contribution in [1.29, 1.82) is 0 Å². The van der Waals surface area contributed by atoms with Crippen molar-refractivity contribution in [3.63, 3.8) is 0 Å². The third kappa shape index (κ3) is 2.49. The molecule has 1 unspecified atom stereocenters. The van der Waals surface area contributed by atoms with Gasteiger partial charge in [-0.3, -0.25) is 5.10 Å². The van der Waals surface area contributed by atoms with E-state index in [2.05, 4.69) is 30.5 Å². The van der Waals surface area contributed by atoms with E-state index >= 15 is 0 Å². The maximum absolute atomic E-state index is 12.2. The van der Waals surface area contributed by atoms with E-state index in [1.54, 1.807) is 12.4 Å². The first-order valence-corrected chi connectivity index (χ1v) is 8.46. The van der Waals surface area contributed by atoms with E-state index in [1.165, 1.54) is 17.7 Å². The Balaban J connectivity index is 1.82. The molecule has 0 radical (unpaired) electrons. The molecule has 3 aromatic heterocycles. The van der Waals surface area contributed by atoms with Gasteiger partial charge in [-0.1, -0.05) is 18.3 Å². The van der Waals surface area contributed by atoms with E-state index in [9.17, 15) is 9.90 Å². The molecule has 126 valence electrons.